The summed E-state index contributed by atoms with van der Waals surface area (Å²) in [5, 5.41) is 12.4. The van der Waals surface area contributed by atoms with E-state index in [9.17, 15) is 38.1 Å². The number of amides is 1. The highest BCUT2D eigenvalue weighted by atomic mass is 31.3. The summed E-state index contributed by atoms with van der Waals surface area (Å²) in [6.45, 7) is -0.919. The standard InChI is InChI=1S/C14H22N3O16P3/c1-29-13(20)3-2-11(19)15-10-4-5-17(14(21)16-10)12-6-8(18)9(31-12)7-30-35(25,26)33-36(27,28)32-34(22,23)24/h4-5,8-9,12,18H,2-3,6-7H2,1H3,(H,25,26)(H,27,28)(H2,22,23,24)(H,15,16,19,21)/t8-,9-,12-/m1/s1. The molecule has 2 unspecified atom stereocenters. The average Bonchev–Trinajstić information content (AvgIpc) is 3.08. The van der Waals surface area contributed by atoms with Crippen molar-refractivity contribution in [1.29, 1.82) is 0 Å². The third kappa shape index (κ3) is 9.89. The molecule has 0 radical (unpaired) electrons. The SMILES string of the molecule is COC(=O)CCC(=O)Nc1ccn([C@H]2C[C@@H](O)[C@@H](COP(=O)(O)OP(=O)(O)OP(=O)(O)O)O2)c(=O)n1. The fourth-order valence-electron chi connectivity index (χ4n) is 2.73. The maximum absolute atomic E-state index is 12.3. The van der Waals surface area contributed by atoms with Crippen molar-refractivity contribution in [2.75, 3.05) is 19.0 Å². The van der Waals surface area contributed by atoms with Gasteiger partial charge in [0.25, 0.3) is 0 Å². The van der Waals surface area contributed by atoms with Crippen LogP contribution in [0.25, 0.3) is 0 Å². The zero-order chi connectivity index (χ0) is 27.3. The number of hydrogen-bond donors (Lipinski definition) is 6. The first-order valence-electron chi connectivity index (χ1n) is 9.58. The quantitative estimate of drug-likeness (QED) is 0.129. The number of aliphatic hydroxyl groups is 1. The maximum atomic E-state index is 12.3. The molecule has 2 rings (SSSR count). The molecule has 5 atom stereocenters. The summed E-state index contributed by atoms with van der Waals surface area (Å²) in [6, 6.07) is 1.23. The van der Waals surface area contributed by atoms with Gasteiger partial charge in [-0.1, -0.05) is 0 Å². The zero-order valence-electron chi connectivity index (χ0n) is 18.2. The molecular weight excluding hydrogens is 559 g/mol. The lowest BCUT2D eigenvalue weighted by Crippen LogP contribution is -2.29. The smallest absolute Gasteiger partial charge is 0.469 e. The molecule has 19 nitrogen and oxygen atoms in total. The number of rotatable bonds is 12. The number of ether oxygens (including phenoxy) is 2. The van der Waals surface area contributed by atoms with Gasteiger partial charge < -0.3 is 39.5 Å². The van der Waals surface area contributed by atoms with Crippen molar-refractivity contribution in [2.24, 2.45) is 0 Å². The Morgan fingerprint density at radius 3 is 2.42 bits per heavy atom. The molecule has 0 bridgehead atoms. The van der Waals surface area contributed by atoms with Crippen molar-refractivity contribution in [3.05, 3.63) is 22.7 Å². The van der Waals surface area contributed by atoms with Crippen molar-refractivity contribution in [2.45, 2.75) is 37.7 Å². The van der Waals surface area contributed by atoms with Crippen molar-refractivity contribution in [3.63, 3.8) is 0 Å². The molecule has 22 heteroatoms. The first-order chi connectivity index (χ1) is 16.5. The molecule has 1 aliphatic heterocycles. The van der Waals surface area contributed by atoms with E-state index < -0.39 is 66.1 Å². The van der Waals surface area contributed by atoms with Gasteiger partial charge in [-0.3, -0.25) is 18.7 Å². The lowest BCUT2D eigenvalue weighted by Gasteiger charge is -2.19. The van der Waals surface area contributed by atoms with Crippen molar-refractivity contribution < 1.29 is 70.6 Å². The van der Waals surface area contributed by atoms with Crippen LogP contribution in [0.5, 0.6) is 0 Å². The second kappa shape index (κ2) is 12.1. The van der Waals surface area contributed by atoms with Crippen LogP contribution in [0, 0.1) is 0 Å². The van der Waals surface area contributed by atoms with E-state index >= 15 is 0 Å². The summed E-state index contributed by atoms with van der Waals surface area (Å²) in [5.41, 5.74) is -0.911. The third-order valence-corrected chi connectivity index (χ3v) is 8.02. The number of phosphoric ester groups is 1. The van der Waals surface area contributed by atoms with Crippen LogP contribution in [0.1, 0.15) is 25.5 Å². The molecule has 1 aromatic heterocycles. The monoisotopic (exact) mass is 581 g/mol. The van der Waals surface area contributed by atoms with Crippen molar-refractivity contribution in [3.8, 4) is 0 Å². The van der Waals surface area contributed by atoms with E-state index in [-0.39, 0.29) is 25.1 Å². The Bertz CT molecular complexity index is 1170. The van der Waals surface area contributed by atoms with Crippen LogP contribution in [0.2, 0.25) is 0 Å². The Labute approximate surface area is 201 Å². The van der Waals surface area contributed by atoms with Gasteiger partial charge in [0.1, 0.15) is 18.1 Å². The number of carbonyl (C=O) groups excluding carboxylic acids is 2. The highest BCUT2D eigenvalue weighted by Crippen LogP contribution is 2.66. The molecule has 6 N–H and O–H groups in total. The van der Waals surface area contributed by atoms with Gasteiger partial charge in [-0.2, -0.15) is 13.6 Å². The van der Waals surface area contributed by atoms with Crippen molar-refractivity contribution >= 4 is 41.2 Å². The number of nitrogens with zero attached hydrogens (tertiary/aromatic N) is 2. The molecule has 1 saturated heterocycles. The predicted octanol–water partition coefficient (Wildman–Crippen LogP) is -0.873. The largest absolute Gasteiger partial charge is 0.490 e. The number of anilines is 1. The molecule has 1 aromatic rings. The normalized spacial score (nSPS) is 23.4. The summed E-state index contributed by atoms with van der Waals surface area (Å²) in [4.78, 5) is 74.4. The zero-order valence-corrected chi connectivity index (χ0v) is 20.9. The lowest BCUT2D eigenvalue weighted by atomic mass is 10.2. The van der Waals surface area contributed by atoms with Gasteiger partial charge in [0.2, 0.25) is 5.91 Å². The van der Waals surface area contributed by atoms with E-state index in [2.05, 4.69) is 28.2 Å². The number of hydrogen-bond acceptors (Lipinski definition) is 13. The molecule has 1 amide bonds. The molecule has 36 heavy (non-hydrogen) atoms. The van der Waals surface area contributed by atoms with E-state index in [0.29, 0.717) is 0 Å². The summed E-state index contributed by atoms with van der Waals surface area (Å²) >= 11 is 0. The van der Waals surface area contributed by atoms with Crippen LogP contribution >= 0.6 is 23.5 Å². The molecule has 0 aliphatic carbocycles. The van der Waals surface area contributed by atoms with E-state index in [1.165, 1.54) is 12.3 Å². The van der Waals surface area contributed by atoms with Crippen LogP contribution in [0.4, 0.5) is 5.82 Å². The maximum Gasteiger partial charge on any atom is 0.490 e. The molecule has 1 fully saturated rings. The Morgan fingerprint density at radius 1 is 1.17 bits per heavy atom. The molecule has 204 valence electrons. The van der Waals surface area contributed by atoms with Gasteiger partial charge >= 0.3 is 35.1 Å². The second-order valence-electron chi connectivity index (χ2n) is 6.95. The van der Waals surface area contributed by atoms with Crippen LogP contribution < -0.4 is 11.0 Å². The molecule has 1 aliphatic rings. The minimum atomic E-state index is -5.72. The van der Waals surface area contributed by atoms with Crippen molar-refractivity contribution in [1.82, 2.24) is 9.55 Å². The van der Waals surface area contributed by atoms with Crippen LogP contribution in [-0.4, -0.2) is 72.0 Å². The predicted molar refractivity (Wildman–Crippen MR) is 113 cm³/mol. The van der Waals surface area contributed by atoms with Gasteiger partial charge in [0.15, 0.2) is 0 Å². The topological polar surface area (TPSA) is 280 Å². The van der Waals surface area contributed by atoms with Crippen LogP contribution in [0.15, 0.2) is 17.1 Å². The summed E-state index contributed by atoms with van der Waals surface area (Å²) in [6.07, 6.45) is -3.32. The minimum absolute atomic E-state index is 0.131. The lowest BCUT2D eigenvalue weighted by molar-refractivity contribution is -0.141. The Hall–Kier alpha value is -1.85. The molecule has 0 spiro atoms. The Balaban J connectivity index is 1.96. The number of methoxy groups -OCH3 is 1. The van der Waals surface area contributed by atoms with Gasteiger partial charge in [0.05, 0.1) is 26.2 Å². The Morgan fingerprint density at radius 2 is 1.83 bits per heavy atom. The second-order valence-corrected chi connectivity index (χ2v) is 11.4. The fourth-order valence-corrected chi connectivity index (χ4v) is 5.76. The number of aliphatic hydroxyl groups excluding tert-OH is 1. The summed E-state index contributed by atoms with van der Waals surface area (Å²) in [5.74, 6) is -1.34. The summed E-state index contributed by atoms with van der Waals surface area (Å²) in [7, 11) is -15.6. The molecule has 0 aromatic carbocycles. The molecule has 0 saturated carbocycles. The first kappa shape index (κ1) is 30.4. The van der Waals surface area contributed by atoms with Gasteiger partial charge in [-0.15, -0.1) is 0 Å². The van der Waals surface area contributed by atoms with Crippen LogP contribution in [-0.2, 0) is 45.9 Å². The number of aromatic nitrogens is 2. The molecule has 2 heterocycles. The van der Waals surface area contributed by atoms with E-state index in [4.69, 9.17) is 19.4 Å². The molecular formula is C14H22N3O16P3. The van der Waals surface area contributed by atoms with Gasteiger partial charge in [0, 0.05) is 19.0 Å². The Kier molecular flexibility index (Phi) is 10.2. The van der Waals surface area contributed by atoms with E-state index in [1.54, 1.807) is 0 Å². The highest BCUT2D eigenvalue weighted by molar-refractivity contribution is 7.66. The average molecular weight is 581 g/mol. The summed E-state index contributed by atoms with van der Waals surface area (Å²) < 4.78 is 56.0. The number of carbonyl (C=O) groups is 2. The van der Waals surface area contributed by atoms with E-state index in [1.807, 2.05) is 0 Å². The van der Waals surface area contributed by atoms with Crippen LogP contribution in [0.3, 0.4) is 0 Å². The van der Waals surface area contributed by atoms with Gasteiger partial charge in [-0.05, 0) is 6.07 Å². The minimum Gasteiger partial charge on any atom is -0.469 e. The first-order valence-corrected chi connectivity index (χ1v) is 14.1. The third-order valence-electron chi connectivity index (χ3n) is 4.21. The number of phosphoric acid groups is 3. The van der Waals surface area contributed by atoms with Gasteiger partial charge in [-0.25, -0.2) is 18.5 Å². The number of esters is 1. The highest BCUT2D eigenvalue weighted by Gasteiger charge is 2.43. The number of nitrogens with one attached hydrogen (secondary N) is 1. The fraction of sp³-hybridized carbons (Fsp3) is 0.571. The van der Waals surface area contributed by atoms with E-state index in [0.717, 1.165) is 11.7 Å².